The summed E-state index contributed by atoms with van der Waals surface area (Å²) in [6, 6.07) is 0.856. The van der Waals surface area contributed by atoms with Crippen LogP contribution in [0.1, 0.15) is 23.0 Å². The highest BCUT2D eigenvalue weighted by atomic mass is 15.3. The zero-order valence-corrected chi connectivity index (χ0v) is 9.49. The molecule has 2 heterocycles. The fraction of sp³-hybridized carbons (Fsp3) is 0.727. The van der Waals surface area contributed by atoms with Crippen LogP contribution >= 0.6 is 0 Å². The van der Waals surface area contributed by atoms with Crippen molar-refractivity contribution in [2.24, 2.45) is 24.6 Å². The monoisotopic (exact) mass is 206 g/mol. The molecule has 0 amide bonds. The Balaban J connectivity index is 1.99. The average Bonchev–Trinajstić information content (AvgIpc) is 2.56. The molecule has 4 atom stereocenters. The van der Waals surface area contributed by atoms with Crippen LogP contribution in [0.4, 0.5) is 0 Å². The number of rotatable bonds is 1. The van der Waals surface area contributed by atoms with Gasteiger partial charge in [0.25, 0.3) is 0 Å². The number of nitrogens with two attached hydrogens (primary N) is 1. The minimum atomic E-state index is 0.412. The summed E-state index contributed by atoms with van der Waals surface area (Å²) in [6.45, 7) is 5.30. The summed E-state index contributed by atoms with van der Waals surface area (Å²) in [5, 5.41) is 8.03. The molecule has 0 aromatic carbocycles. The van der Waals surface area contributed by atoms with Gasteiger partial charge in [-0.15, -0.1) is 0 Å². The molecule has 0 radical (unpaired) electrons. The Bertz CT molecular complexity index is 409. The van der Waals surface area contributed by atoms with Crippen molar-refractivity contribution in [2.45, 2.75) is 25.9 Å². The molecule has 4 unspecified atom stereocenters. The lowest BCUT2D eigenvalue weighted by Gasteiger charge is -2.15. The van der Waals surface area contributed by atoms with Crippen molar-refractivity contribution in [1.29, 1.82) is 0 Å². The van der Waals surface area contributed by atoms with Gasteiger partial charge in [-0.3, -0.25) is 4.68 Å². The number of aromatic nitrogens is 2. The summed E-state index contributed by atoms with van der Waals surface area (Å²) < 4.78 is 1.97. The quantitative estimate of drug-likeness (QED) is 0.693. The Labute approximate surface area is 89.8 Å². The molecule has 4 nitrogen and oxygen atoms in total. The predicted octanol–water partition coefficient (Wildman–Crippen LogP) is 0.255. The van der Waals surface area contributed by atoms with E-state index in [9.17, 15) is 0 Å². The van der Waals surface area contributed by atoms with Gasteiger partial charge in [-0.1, -0.05) is 0 Å². The molecule has 0 spiro atoms. The molecule has 3 N–H and O–H groups in total. The zero-order chi connectivity index (χ0) is 10.7. The molecule has 1 aliphatic carbocycles. The van der Waals surface area contributed by atoms with Crippen molar-refractivity contribution >= 4 is 0 Å². The number of piperidine rings is 1. The molecule has 0 bridgehead atoms. The van der Waals surface area contributed by atoms with Crippen LogP contribution in [0.25, 0.3) is 0 Å². The van der Waals surface area contributed by atoms with Crippen LogP contribution in [-0.4, -0.2) is 22.4 Å². The first-order valence-electron chi connectivity index (χ1n) is 5.60. The molecule has 2 fully saturated rings. The SMILES string of the molecule is Cc1nn(C)c(C)c1C1NCC2C(N)C12. The van der Waals surface area contributed by atoms with Crippen LogP contribution < -0.4 is 11.1 Å². The Morgan fingerprint density at radius 1 is 1.47 bits per heavy atom. The molecule has 2 aliphatic rings. The fourth-order valence-corrected chi connectivity index (χ4v) is 3.10. The van der Waals surface area contributed by atoms with Gasteiger partial charge >= 0.3 is 0 Å². The first-order valence-corrected chi connectivity index (χ1v) is 5.60. The molecule has 15 heavy (non-hydrogen) atoms. The van der Waals surface area contributed by atoms with Gasteiger partial charge in [0.05, 0.1) is 5.69 Å². The van der Waals surface area contributed by atoms with E-state index in [-0.39, 0.29) is 0 Å². The number of aryl methyl sites for hydroxylation is 2. The molecule has 1 aliphatic heterocycles. The summed E-state index contributed by atoms with van der Waals surface area (Å²) in [5.74, 6) is 1.35. The van der Waals surface area contributed by atoms with Gasteiger partial charge in [0.1, 0.15) is 0 Å². The lowest BCUT2D eigenvalue weighted by atomic mass is 10.0. The van der Waals surface area contributed by atoms with E-state index in [0.29, 0.717) is 23.9 Å². The Kier molecular flexibility index (Phi) is 1.77. The van der Waals surface area contributed by atoms with Gasteiger partial charge in [0, 0.05) is 36.9 Å². The third kappa shape index (κ3) is 1.12. The molecular weight excluding hydrogens is 188 g/mol. The summed E-state index contributed by atoms with van der Waals surface area (Å²) in [5.41, 5.74) is 9.83. The van der Waals surface area contributed by atoms with Gasteiger partial charge in [0.15, 0.2) is 0 Å². The van der Waals surface area contributed by atoms with Gasteiger partial charge in [-0.05, 0) is 25.7 Å². The van der Waals surface area contributed by atoms with Crippen LogP contribution in [-0.2, 0) is 7.05 Å². The van der Waals surface area contributed by atoms with Crippen LogP contribution in [0, 0.1) is 25.7 Å². The highest BCUT2D eigenvalue weighted by Crippen LogP contribution is 2.51. The van der Waals surface area contributed by atoms with E-state index in [4.69, 9.17) is 5.73 Å². The van der Waals surface area contributed by atoms with Crippen LogP contribution in [0.3, 0.4) is 0 Å². The first-order chi connectivity index (χ1) is 7.11. The van der Waals surface area contributed by atoms with Crippen molar-refractivity contribution in [3.8, 4) is 0 Å². The van der Waals surface area contributed by atoms with Crippen molar-refractivity contribution in [3.63, 3.8) is 0 Å². The van der Waals surface area contributed by atoms with Crippen molar-refractivity contribution in [2.75, 3.05) is 6.54 Å². The normalized spacial score (nSPS) is 38.1. The Morgan fingerprint density at radius 2 is 2.20 bits per heavy atom. The summed E-state index contributed by atoms with van der Waals surface area (Å²) >= 11 is 0. The van der Waals surface area contributed by atoms with E-state index in [2.05, 4.69) is 24.3 Å². The van der Waals surface area contributed by atoms with Gasteiger partial charge < -0.3 is 11.1 Å². The maximum atomic E-state index is 6.04. The molecule has 82 valence electrons. The van der Waals surface area contributed by atoms with Crippen LogP contribution in [0.2, 0.25) is 0 Å². The van der Waals surface area contributed by atoms with Gasteiger partial charge in [-0.25, -0.2) is 0 Å². The third-order valence-corrected chi connectivity index (χ3v) is 4.13. The largest absolute Gasteiger partial charge is 0.327 e. The predicted molar refractivity (Wildman–Crippen MR) is 58.4 cm³/mol. The topological polar surface area (TPSA) is 55.9 Å². The van der Waals surface area contributed by atoms with E-state index in [0.717, 1.165) is 12.2 Å². The van der Waals surface area contributed by atoms with Crippen LogP contribution in [0.5, 0.6) is 0 Å². The van der Waals surface area contributed by atoms with Crippen molar-refractivity contribution in [1.82, 2.24) is 15.1 Å². The number of fused-ring (bicyclic) bond motifs is 1. The lowest BCUT2D eigenvalue weighted by Crippen LogP contribution is -2.26. The molecular formula is C11H18N4. The second kappa shape index (κ2) is 2.83. The number of nitrogens with zero attached hydrogens (tertiary/aromatic N) is 2. The van der Waals surface area contributed by atoms with E-state index >= 15 is 0 Å². The molecule has 1 saturated heterocycles. The minimum absolute atomic E-state index is 0.412. The second-order valence-electron chi connectivity index (χ2n) is 4.91. The van der Waals surface area contributed by atoms with Gasteiger partial charge in [0.2, 0.25) is 0 Å². The molecule has 4 heteroatoms. The number of hydrogen-bond donors (Lipinski definition) is 2. The maximum absolute atomic E-state index is 6.04. The number of nitrogens with one attached hydrogen (secondary N) is 1. The minimum Gasteiger partial charge on any atom is -0.327 e. The Hall–Kier alpha value is -0.870. The molecule has 3 rings (SSSR count). The lowest BCUT2D eigenvalue weighted by molar-refractivity contribution is 0.531. The smallest absolute Gasteiger partial charge is 0.0644 e. The Morgan fingerprint density at radius 3 is 2.67 bits per heavy atom. The van der Waals surface area contributed by atoms with E-state index in [1.165, 1.54) is 11.3 Å². The molecule has 1 aromatic rings. The van der Waals surface area contributed by atoms with Gasteiger partial charge in [-0.2, -0.15) is 5.10 Å². The standard InChI is InChI=1S/C11H18N4/c1-5-8(6(2)15(3)14-5)11-9-7(4-13-11)10(9)12/h7,9-11,13H,4,12H2,1-3H3. The average molecular weight is 206 g/mol. The maximum Gasteiger partial charge on any atom is 0.0644 e. The molecule has 1 aromatic heterocycles. The molecule has 1 saturated carbocycles. The highest BCUT2D eigenvalue weighted by Gasteiger charge is 2.57. The van der Waals surface area contributed by atoms with Crippen molar-refractivity contribution in [3.05, 3.63) is 17.0 Å². The first kappa shape index (κ1) is 9.36. The van der Waals surface area contributed by atoms with E-state index in [1.807, 2.05) is 11.7 Å². The highest BCUT2D eigenvalue weighted by molar-refractivity contribution is 5.33. The summed E-state index contributed by atoms with van der Waals surface area (Å²) in [6.07, 6.45) is 0. The van der Waals surface area contributed by atoms with Crippen molar-refractivity contribution < 1.29 is 0 Å². The fourth-order valence-electron chi connectivity index (χ4n) is 3.10. The number of hydrogen-bond acceptors (Lipinski definition) is 3. The van der Waals surface area contributed by atoms with Crippen LogP contribution in [0.15, 0.2) is 0 Å². The second-order valence-corrected chi connectivity index (χ2v) is 4.91. The third-order valence-electron chi connectivity index (χ3n) is 4.13. The summed E-state index contributed by atoms with van der Waals surface area (Å²) in [4.78, 5) is 0. The van der Waals surface area contributed by atoms with E-state index < -0.39 is 0 Å². The van der Waals surface area contributed by atoms with E-state index in [1.54, 1.807) is 0 Å². The summed E-state index contributed by atoms with van der Waals surface area (Å²) in [7, 11) is 2.01. The zero-order valence-electron chi connectivity index (χ0n) is 9.49.